The summed E-state index contributed by atoms with van der Waals surface area (Å²) in [5.41, 5.74) is 10.2. The molecule has 258 valence electrons. The van der Waals surface area contributed by atoms with Crippen molar-refractivity contribution >= 4 is 11.6 Å². The first-order valence-corrected chi connectivity index (χ1v) is 19.2. The lowest BCUT2D eigenvalue weighted by atomic mass is 9.72. The fraction of sp³-hybridized carbons (Fsp3) is 0.850. The lowest BCUT2D eigenvalue weighted by Crippen LogP contribution is -2.70. The molecule has 0 heterocycles. The highest BCUT2D eigenvalue weighted by atomic mass is 16.1. The van der Waals surface area contributed by atoms with E-state index in [4.69, 9.17) is 11.5 Å². The van der Waals surface area contributed by atoms with E-state index in [-0.39, 0.29) is 11.6 Å². The van der Waals surface area contributed by atoms with Gasteiger partial charge in [0.15, 0.2) is 11.6 Å². The van der Waals surface area contributed by atoms with Gasteiger partial charge >= 0.3 is 0 Å². The van der Waals surface area contributed by atoms with Gasteiger partial charge in [-0.15, -0.1) is 0 Å². The summed E-state index contributed by atoms with van der Waals surface area (Å²) in [4.78, 5) is 26.0. The van der Waals surface area contributed by atoms with Gasteiger partial charge in [0.2, 0.25) is 0 Å². The van der Waals surface area contributed by atoms with Gasteiger partial charge in [-0.3, -0.25) is 9.59 Å². The van der Waals surface area contributed by atoms with Crippen molar-refractivity contribution in [3.05, 3.63) is 24.3 Å². The van der Waals surface area contributed by atoms with Gasteiger partial charge in [-0.2, -0.15) is 0 Å². The van der Waals surface area contributed by atoms with Crippen LogP contribution in [0.15, 0.2) is 24.3 Å². The Bertz CT molecular complexity index is 676. The molecule has 0 fully saturated rings. The highest BCUT2D eigenvalue weighted by molar-refractivity contribution is 6.00. The maximum Gasteiger partial charge on any atom is 0.154 e. The minimum absolute atomic E-state index is 0.0852. The van der Waals surface area contributed by atoms with Crippen LogP contribution in [0.5, 0.6) is 0 Å². The number of hydrogen-bond donors (Lipinski definition) is 2. The van der Waals surface area contributed by atoms with Crippen LogP contribution in [0.3, 0.4) is 0 Å². The second kappa shape index (κ2) is 29.2. The Morgan fingerprint density at radius 3 is 0.909 bits per heavy atom. The molecule has 0 aromatic carbocycles. The predicted octanol–water partition coefficient (Wildman–Crippen LogP) is 11.6. The molecule has 2 unspecified atom stereocenters. The summed E-state index contributed by atoms with van der Waals surface area (Å²) in [5.74, 6) is -0.170. The lowest BCUT2D eigenvalue weighted by molar-refractivity contribution is -0.134. The van der Waals surface area contributed by atoms with Crippen LogP contribution in [0.1, 0.15) is 207 Å². The van der Waals surface area contributed by atoms with Gasteiger partial charge in [-0.1, -0.05) is 141 Å². The molecule has 0 rings (SSSR count). The average molecular weight is 617 g/mol. The van der Waals surface area contributed by atoms with Crippen LogP contribution < -0.4 is 11.5 Å². The Morgan fingerprint density at radius 1 is 0.409 bits per heavy atom. The largest absolute Gasteiger partial charge is 0.317 e. The molecular weight excluding hydrogens is 540 g/mol. The Balaban J connectivity index is 3.91. The van der Waals surface area contributed by atoms with Gasteiger partial charge in [-0.25, -0.2) is 0 Å². The fourth-order valence-corrected chi connectivity index (χ4v) is 5.81. The standard InChI is InChI=1S/C40H76N2O2/c1-5-7-9-11-13-15-17-19-21-23-25-27-29-31-33-35-37(43)39(3,41)40(4,42)38(44)36-34-32-30-28-26-24-22-20-18-16-14-12-10-8-6-2/h19-22H,5-18,23-36,41-42H2,1-4H3/b21-19-,22-20-. The maximum atomic E-state index is 13.0. The van der Waals surface area contributed by atoms with E-state index in [2.05, 4.69) is 38.2 Å². The molecule has 0 aromatic heterocycles. The van der Waals surface area contributed by atoms with Gasteiger partial charge in [0.05, 0.1) is 11.1 Å². The Labute approximate surface area is 275 Å². The van der Waals surface area contributed by atoms with Crippen molar-refractivity contribution in [1.82, 2.24) is 0 Å². The molecule has 4 heteroatoms. The molecule has 0 aliphatic rings. The number of rotatable bonds is 33. The van der Waals surface area contributed by atoms with E-state index >= 15 is 0 Å². The average Bonchev–Trinajstić information content (AvgIpc) is 3.00. The lowest BCUT2D eigenvalue weighted by Gasteiger charge is -2.38. The van der Waals surface area contributed by atoms with Crippen LogP contribution in [0.2, 0.25) is 0 Å². The number of carbonyl (C=O) groups excluding carboxylic acids is 2. The molecule has 0 aliphatic heterocycles. The summed E-state index contributed by atoms with van der Waals surface area (Å²) in [5, 5.41) is 0. The predicted molar refractivity (Wildman–Crippen MR) is 194 cm³/mol. The summed E-state index contributed by atoms with van der Waals surface area (Å²) < 4.78 is 0. The molecule has 0 spiro atoms. The highest BCUT2D eigenvalue weighted by Gasteiger charge is 2.48. The van der Waals surface area contributed by atoms with E-state index in [0.29, 0.717) is 12.8 Å². The van der Waals surface area contributed by atoms with Crippen LogP contribution in [0, 0.1) is 0 Å². The van der Waals surface area contributed by atoms with Crippen molar-refractivity contribution in [2.24, 2.45) is 11.5 Å². The number of hydrogen-bond acceptors (Lipinski definition) is 4. The van der Waals surface area contributed by atoms with Gasteiger partial charge in [0, 0.05) is 12.8 Å². The number of nitrogens with two attached hydrogens (primary N) is 2. The summed E-state index contributed by atoms with van der Waals surface area (Å²) in [6.45, 7) is 7.84. The molecule has 0 bridgehead atoms. The highest BCUT2D eigenvalue weighted by Crippen LogP contribution is 2.24. The van der Waals surface area contributed by atoms with E-state index in [9.17, 15) is 9.59 Å². The van der Waals surface area contributed by atoms with Crippen LogP contribution in [0.25, 0.3) is 0 Å². The first kappa shape index (κ1) is 42.7. The zero-order valence-corrected chi connectivity index (χ0v) is 30.1. The first-order valence-electron chi connectivity index (χ1n) is 19.2. The molecule has 0 saturated carbocycles. The third kappa shape index (κ3) is 22.3. The van der Waals surface area contributed by atoms with Crippen LogP contribution in [-0.2, 0) is 9.59 Å². The second-order valence-corrected chi connectivity index (χ2v) is 13.9. The number of unbranched alkanes of at least 4 members (excludes halogenated alkanes) is 22. The minimum atomic E-state index is -1.33. The molecule has 0 saturated heterocycles. The summed E-state index contributed by atoms with van der Waals surface area (Å²) >= 11 is 0. The molecule has 0 radical (unpaired) electrons. The quantitative estimate of drug-likeness (QED) is 0.0567. The van der Waals surface area contributed by atoms with E-state index in [1.165, 1.54) is 116 Å². The van der Waals surface area contributed by atoms with Crippen LogP contribution in [0.4, 0.5) is 0 Å². The summed E-state index contributed by atoms with van der Waals surface area (Å²) in [6.07, 6.45) is 41.9. The van der Waals surface area contributed by atoms with Crippen molar-refractivity contribution in [1.29, 1.82) is 0 Å². The van der Waals surface area contributed by atoms with Crippen molar-refractivity contribution in [3.8, 4) is 0 Å². The number of allylic oxidation sites excluding steroid dienone is 4. The fourth-order valence-electron chi connectivity index (χ4n) is 5.81. The molecule has 4 N–H and O–H groups in total. The summed E-state index contributed by atoms with van der Waals surface area (Å²) in [6, 6.07) is 0. The topological polar surface area (TPSA) is 86.2 Å². The van der Waals surface area contributed by atoms with Gasteiger partial charge in [-0.05, 0) is 78.1 Å². The van der Waals surface area contributed by atoms with Gasteiger partial charge < -0.3 is 11.5 Å². The Morgan fingerprint density at radius 2 is 0.636 bits per heavy atom. The summed E-state index contributed by atoms with van der Waals surface area (Å²) in [7, 11) is 0. The van der Waals surface area contributed by atoms with E-state index < -0.39 is 11.1 Å². The van der Waals surface area contributed by atoms with Crippen molar-refractivity contribution in [2.45, 2.75) is 219 Å². The van der Waals surface area contributed by atoms with Crippen molar-refractivity contribution in [3.63, 3.8) is 0 Å². The third-order valence-electron chi connectivity index (χ3n) is 9.57. The molecule has 44 heavy (non-hydrogen) atoms. The second-order valence-electron chi connectivity index (χ2n) is 13.9. The molecule has 0 aliphatic carbocycles. The maximum absolute atomic E-state index is 13.0. The molecule has 2 atom stereocenters. The van der Waals surface area contributed by atoms with Gasteiger partial charge in [0.1, 0.15) is 0 Å². The van der Waals surface area contributed by atoms with E-state index in [0.717, 1.165) is 51.4 Å². The van der Waals surface area contributed by atoms with Crippen molar-refractivity contribution in [2.75, 3.05) is 0 Å². The molecule has 0 amide bonds. The van der Waals surface area contributed by atoms with E-state index in [1.807, 2.05) is 0 Å². The molecule has 4 nitrogen and oxygen atoms in total. The van der Waals surface area contributed by atoms with Crippen LogP contribution >= 0.6 is 0 Å². The Hall–Kier alpha value is -1.26. The first-order chi connectivity index (χ1) is 21.2. The monoisotopic (exact) mass is 617 g/mol. The number of carbonyl (C=O) groups is 2. The third-order valence-corrected chi connectivity index (χ3v) is 9.57. The molecule has 0 aromatic rings. The Kier molecular flexibility index (Phi) is 28.3. The SMILES string of the molecule is CCCCCCCC/C=C\CCCCCCCC(=O)C(C)(N)C(C)(N)C(=O)CCCCCCC/C=C\CCCCCCCC. The van der Waals surface area contributed by atoms with Crippen molar-refractivity contribution < 1.29 is 9.59 Å². The number of ketones is 2. The van der Waals surface area contributed by atoms with E-state index in [1.54, 1.807) is 13.8 Å². The number of Topliss-reactive ketones (excluding diaryl/α,β-unsaturated/α-hetero) is 2. The van der Waals surface area contributed by atoms with Crippen LogP contribution in [-0.4, -0.2) is 22.6 Å². The zero-order chi connectivity index (χ0) is 32.8. The normalized spacial score (nSPS) is 14.8. The zero-order valence-electron chi connectivity index (χ0n) is 30.1. The molecular formula is C40H76N2O2. The van der Waals surface area contributed by atoms with Gasteiger partial charge in [0.25, 0.3) is 0 Å². The smallest absolute Gasteiger partial charge is 0.154 e. The minimum Gasteiger partial charge on any atom is -0.317 e.